The first kappa shape index (κ1) is 22.2. The first-order valence-electron chi connectivity index (χ1n) is 8.80. The van der Waals surface area contributed by atoms with Crippen molar-refractivity contribution >= 4 is 27.4 Å². The molecular formula is C20H23NO7S. The molecule has 0 saturated heterocycles. The van der Waals surface area contributed by atoms with Crippen LogP contribution in [-0.2, 0) is 24.2 Å². The van der Waals surface area contributed by atoms with Crippen molar-refractivity contribution in [3.05, 3.63) is 48.5 Å². The van der Waals surface area contributed by atoms with Crippen LogP contribution >= 0.6 is 0 Å². The molecule has 156 valence electrons. The number of hydrogen-bond acceptors (Lipinski definition) is 7. The summed E-state index contributed by atoms with van der Waals surface area (Å²) in [5, 5.41) is 2.49. The van der Waals surface area contributed by atoms with E-state index < -0.39 is 28.3 Å². The molecule has 2 aromatic carbocycles. The van der Waals surface area contributed by atoms with Gasteiger partial charge in [-0.3, -0.25) is 9.59 Å². The molecule has 8 nitrogen and oxygen atoms in total. The Kier molecular flexibility index (Phi) is 8.02. The topological polar surface area (TPSA) is 108 Å². The number of nitrogens with one attached hydrogen (secondary N) is 1. The zero-order valence-electron chi connectivity index (χ0n) is 16.2. The average molecular weight is 421 g/mol. The van der Waals surface area contributed by atoms with E-state index in [9.17, 15) is 18.0 Å². The van der Waals surface area contributed by atoms with Crippen molar-refractivity contribution < 1.29 is 32.2 Å². The molecule has 9 heteroatoms. The second kappa shape index (κ2) is 10.5. The standard InChI is InChI=1S/C20H23NO7S/c1-26-16-8-10-17(11-9-16)27-12-4-7-20(23)28-14-19(22)21-15-5-3-6-18(13-15)29(2,24)25/h3,5-6,8-11,13H,4,7,12,14H2,1-2H3,(H,21,22). The number of rotatable bonds is 10. The number of anilines is 1. The monoisotopic (exact) mass is 421 g/mol. The second-order valence-electron chi connectivity index (χ2n) is 6.14. The molecule has 0 spiro atoms. The van der Waals surface area contributed by atoms with E-state index in [1.807, 2.05) is 0 Å². The van der Waals surface area contributed by atoms with Gasteiger partial charge in [0, 0.05) is 18.4 Å². The van der Waals surface area contributed by atoms with Gasteiger partial charge in [0.1, 0.15) is 11.5 Å². The van der Waals surface area contributed by atoms with Crippen LogP contribution in [0.3, 0.4) is 0 Å². The van der Waals surface area contributed by atoms with Gasteiger partial charge in [-0.05, 0) is 48.9 Å². The molecule has 0 radical (unpaired) electrons. The van der Waals surface area contributed by atoms with Gasteiger partial charge >= 0.3 is 5.97 Å². The van der Waals surface area contributed by atoms with Gasteiger partial charge in [0.25, 0.3) is 5.91 Å². The van der Waals surface area contributed by atoms with Crippen LogP contribution in [0.25, 0.3) is 0 Å². The third-order valence-electron chi connectivity index (χ3n) is 3.76. The Labute approximate surface area is 169 Å². The average Bonchev–Trinajstić information content (AvgIpc) is 2.69. The van der Waals surface area contributed by atoms with Crippen molar-refractivity contribution in [2.75, 3.05) is 31.9 Å². The maximum Gasteiger partial charge on any atom is 0.306 e. The van der Waals surface area contributed by atoms with Crippen molar-refractivity contribution in [3.8, 4) is 11.5 Å². The van der Waals surface area contributed by atoms with Crippen LogP contribution in [0.2, 0.25) is 0 Å². The van der Waals surface area contributed by atoms with Gasteiger partial charge in [0.05, 0.1) is 18.6 Å². The lowest BCUT2D eigenvalue weighted by molar-refractivity contribution is -0.147. The van der Waals surface area contributed by atoms with Gasteiger partial charge in [0.15, 0.2) is 16.4 Å². The molecule has 2 rings (SSSR count). The van der Waals surface area contributed by atoms with Gasteiger partial charge in [-0.25, -0.2) is 8.42 Å². The summed E-state index contributed by atoms with van der Waals surface area (Å²) in [6, 6.07) is 12.9. The highest BCUT2D eigenvalue weighted by Gasteiger charge is 2.11. The SMILES string of the molecule is COc1ccc(OCCCC(=O)OCC(=O)Nc2cccc(S(C)(=O)=O)c2)cc1. The third-order valence-corrected chi connectivity index (χ3v) is 4.87. The molecule has 0 saturated carbocycles. The fourth-order valence-electron chi connectivity index (χ4n) is 2.30. The van der Waals surface area contributed by atoms with Gasteiger partial charge in [0.2, 0.25) is 0 Å². The lowest BCUT2D eigenvalue weighted by Crippen LogP contribution is -2.21. The Balaban J connectivity index is 1.67. The van der Waals surface area contributed by atoms with Crippen molar-refractivity contribution in [1.29, 1.82) is 0 Å². The van der Waals surface area contributed by atoms with Gasteiger partial charge in [-0.15, -0.1) is 0 Å². The Morgan fingerprint density at radius 2 is 1.72 bits per heavy atom. The molecule has 0 aliphatic rings. The van der Waals surface area contributed by atoms with E-state index >= 15 is 0 Å². The van der Waals surface area contributed by atoms with E-state index in [1.165, 1.54) is 18.2 Å². The Hall–Kier alpha value is -3.07. The molecule has 0 aliphatic carbocycles. The number of benzene rings is 2. The first-order valence-corrected chi connectivity index (χ1v) is 10.7. The molecular weight excluding hydrogens is 398 g/mol. The molecule has 2 aromatic rings. The van der Waals surface area contributed by atoms with Gasteiger partial charge in [-0.1, -0.05) is 6.07 Å². The zero-order valence-corrected chi connectivity index (χ0v) is 17.0. The predicted molar refractivity (Wildman–Crippen MR) is 107 cm³/mol. The first-order chi connectivity index (χ1) is 13.8. The van der Waals surface area contributed by atoms with E-state index in [4.69, 9.17) is 14.2 Å². The molecule has 0 bridgehead atoms. The molecule has 29 heavy (non-hydrogen) atoms. The van der Waals surface area contributed by atoms with E-state index in [0.717, 1.165) is 12.0 Å². The molecule has 0 unspecified atom stereocenters. The fourth-order valence-corrected chi connectivity index (χ4v) is 2.97. The van der Waals surface area contributed by atoms with Crippen molar-refractivity contribution in [2.45, 2.75) is 17.7 Å². The lowest BCUT2D eigenvalue weighted by atomic mass is 10.3. The van der Waals surface area contributed by atoms with E-state index in [0.29, 0.717) is 24.5 Å². The molecule has 0 atom stereocenters. The Bertz CT molecular complexity index is 940. The van der Waals surface area contributed by atoms with Crippen molar-refractivity contribution in [3.63, 3.8) is 0 Å². The normalized spacial score (nSPS) is 10.8. The number of ether oxygens (including phenoxy) is 3. The van der Waals surface area contributed by atoms with Crippen LogP contribution in [0, 0.1) is 0 Å². The molecule has 0 heterocycles. The zero-order chi connectivity index (χ0) is 21.3. The highest BCUT2D eigenvalue weighted by molar-refractivity contribution is 7.90. The molecule has 0 aliphatic heterocycles. The maximum atomic E-state index is 11.9. The smallest absolute Gasteiger partial charge is 0.306 e. The number of carbonyl (C=O) groups excluding carboxylic acids is 2. The highest BCUT2D eigenvalue weighted by atomic mass is 32.2. The Morgan fingerprint density at radius 3 is 2.38 bits per heavy atom. The van der Waals surface area contributed by atoms with E-state index in [1.54, 1.807) is 37.4 Å². The summed E-state index contributed by atoms with van der Waals surface area (Å²) < 4.78 is 38.5. The van der Waals surface area contributed by atoms with Gasteiger partial charge < -0.3 is 19.5 Å². The number of methoxy groups -OCH3 is 1. The van der Waals surface area contributed by atoms with Crippen LogP contribution < -0.4 is 14.8 Å². The summed E-state index contributed by atoms with van der Waals surface area (Å²) in [5.41, 5.74) is 0.307. The largest absolute Gasteiger partial charge is 0.497 e. The highest BCUT2D eigenvalue weighted by Crippen LogP contribution is 2.17. The van der Waals surface area contributed by atoms with Crippen molar-refractivity contribution in [2.24, 2.45) is 0 Å². The summed E-state index contributed by atoms with van der Waals surface area (Å²) in [5.74, 6) is 0.305. The summed E-state index contributed by atoms with van der Waals surface area (Å²) in [4.78, 5) is 23.7. The summed E-state index contributed by atoms with van der Waals surface area (Å²) in [6.45, 7) is -0.132. The number of esters is 1. The summed E-state index contributed by atoms with van der Waals surface area (Å²) >= 11 is 0. The van der Waals surface area contributed by atoms with E-state index in [-0.39, 0.29) is 11.3 Å². The summed E-state index contributed by atoms with van der Waals surface area (Å²) in [7, 11) is -1.80. The number of carbonyl (C=O) groups is 2. The van der Waals surface area contributed by atoms with Gasteiger partial charge in [-0.2, -0.15) is 0 Å². The minimum atomic E-state index is -3.38. The minimum Gasteiger partial charge on any atom is -0.497 e. The minimum absolute atomic E-state index is 0.0872. The molecule has 1 amide bonds. The lowest BCUT2D eigenvalue weighted by Gasteiger charge is -2.08. The molecule has 0 fully saturated rings. The fraction of sp³-hybridized carbons (Fsp3) is 0.300. The summed E-state index contributed by atoms with van der Waals surface area (Å²) in [6.07, 6.45) is 1.62. The van der Waals surface area contributed by atoms with Crippen LogP contribution in [0.15, 0.2) is 53.4 Å². The van der Waals surface area contributed by atoms with E-state index in [2.05, 4.69) is 5.32 Å². The quantitative estimate of drug-likeness (QED) is 0.464. The maximum absolute atomic E-state index is 11.9. The molecule has 0 aromatic heterocycles. The number of amides is 1. The number of hydrogen-bond donors (Lipinski definition) is 1. The Morgan fingerprint density at radius 1 is 1.03 bits per heavy atom. The third kappa shape index (κ3) is 7.82. The predicted octanol–water partition coefficient (Wildman–Crippen LogP) is 2.44. The van der Waals surface area contributed by atoms with Crippen LogP contribution in [0.4, 0.5) is 5.69 Å². The molecule has 1 N–H and O–H groups in total. The van der Waals surface area contributed by atoms with Crippen molar-refractivity contribution in [1.82, 2.24) is 0 Å². The second-order valence-corrected chi connectivity index (χ2v) is 8.15. The van der Waals surface area contributed by atoms with Crippen LogP contribution in [-0.4, -0.2) is 46.9 Å². The number of sulfone groups is 1. The van der Waals surface area contributed by atoms with Crippen LogP contribution in [0.1, 0.15) is 12.8 Å². The van der Waals surface area contributed by atoms with Crippen LogP contribution in [0.5, 0.6) is 11.5 Å².